The highest BCUT2D eigenvalue weighted by Crippen LogP contribution is 2.31. The van der Waals surface area contributed by atoms with E-state index < -0.39 is 10.0 Å². The number of hydrogen-bond donors (Lipinski definition) is 1. The first-order chi connectivity index (χ1) is 9.37. The molecule has 0 aliphatic carbocycles. The van der Waals surface area contributed by atoms with Crippen LogP contribution in [0, 0.1) is 12.8 Å². The molecule has 1 aromatic carbocycles. The average Bonchev–Trinajstić information content (AvgIpc) is 2.42. The van der Waals surface area contributed by atoms with Crippen molar-refractivity contribution >= 4 is 21.6 Å². The van der Waals surface area contributed by atoms with Crippen molar-refractivity contribution in [2.45, 2.75) is 37.6 Å². The maximum Gasteiger partial charge on any atom is 0.243 e. The van der Waals surface area contributed by atoms with E-state index in [1.165, 1.54) is 0 Å². The van der Waals surface area contributed by atoms with Gasteiger partial charge in [0.05, 0.1) is 4.90 Å². The van der Waals surface area contributed by atoms with Crippen LogP contribution < -0.4 is 5.73 Å². The maximum absolute atomic E-state index is 12.9. The second kappa shape index (κ2) is 6.02. The van der Waals surface area contributed by atoms with Crippen molar-refractivity contribution in [2.24, 2.45) is 11.7 Å². The van der Waals surface area contributed by atoms with Crippen molar-refractivity contribution < 1.29 is 8.42 Å². The van der Waals surface area contributed by atoms with Crippen LogP contribution in [0.5, 0.6) is 0 Å². The van der Waals surface area contributed by atoms with Crippen molar-refractivity contribution in [1.82, 2.24) is 4.31 Å². The molecule has 0 saturated carbocycles. The summed E-state index contributed by atoms with van der Waals surface area (Å²) in [6.45, 7) is 4.70. The molecular weight excluding hydrogens is 296 g/mol. The van der Waals surface area contributed by atoms with Crippen molar-refractivity contribution in [3.8, 4) is 0 Å². The molecule has 1 aliphatic rings. The summed E-state index contributed by atoms with van der Waals surface area (Å²) in [4.78, 5) is 0.300. The van der Waals surface area contributed by atoms with Crippen LogP contribution in [0.1, 0.15) is 25.3 Å². The van der Waals surface area contributed by atoms with E-state index in [4.69, 9.17) is 17.3 Å². The molecule has 1 aromatic rings. The monoisotopic (exact) mass is 316 g/mol. The van der Waals surface area contributed by atoms with Gasteiger partial charge in [-0.2, -0.15) is 4.31 Å². The molecule has 2 N–H and O–H groups in total. The first-order valence-electron chi connectivity index (χ1n) is 6.85. The predicted octanol–water partition coefficient (Wildman–Crippen LogP) is 2.40. The lowest BCUT2D eigenvalue weighted by molar-refractivity contribution is 0.211. The Hall–Kier alpha value is -0.620. The molecule has 2 unspecified atom stereocenters. The van der Waals surface area contributed by atoms with Crippen LogP contribution >= 0.6 is 11.6 Å². The molecule has 1 aliphatic heterocycles. The molecule has 2 rings (SSSR count). The van der Waals surface area contributed by atoms with E-state index in [0.717, 1.165) is 12.8 Å². The fourth-order valence-electron chi connectivity index (χ4n) is 2.67. The Balaban J connectivity index is 2.40. The zero-order valence-electron chi connectivity index (χ0n) is 11.8. The van der Waals surface area contributed by atoms with Gasteiger partial charge in [0.15, 0.2) is 0 Å². The summed E-state index contributed by atoms with van der Waals surface area (Å²) in [5, 5.41) is 0.478. The first kappa shape index (κ1) is 15.8. The van der Waals surface area contributed by atoms with Gasteiger partial charge in [-0.1, -0.05) is 17.7 Å². The summed E-state index contributed by atoms with van der Waals surface area (Å²) >= 11 is 6.05. The molecule has 0 radical (unpaired) electrons. The van der Waals surface area contributed by atoms with E-state index >= 15 is 0 Å². The number of sulfonamides is 1. The lowest BCUT2D eigenvalue weighted by Crippen LogP contribution is -2.47. The van der Waals surface area contributed by atoms with E-state index in [2.05, 4.69) is 0 Å². The summed E-state index contributed by atoms with van der Waals surface area (Å²) in [6.07, 6.45) is 1.83. The quantitative estimate of drug-likeness (QED) is 0.931. The molecule has 2 atom stereocenters. The Morgan fingerprint density at radius 2 is 2.10 bits per heavy atom. The minimum atomic E-state index is -3.51. The van der Waals surface area contributed by atoms with Crippen molar-refractivity contribution in [3.63, 3.8) is 0 Å². The van der Waals surface area contributed by atoms with Crippen LogP contribution in [-0.4, -0.2) is 31.9 Å². The van der Waals surface area contributed by atoms with Crippen LogP contribution in [-0.2, 0) is 10.0 Å². The summed E-state index contributed by atoms with van der Waals surface area (Å²) in [6, 6.07) is 5.01. The van der Waals surface area contributed by atoms with Crippen LogP contribution in [0.4, 0.5) is 0 Å². The average molecular weight is 317 g/mol. The number of benzene rings is 1. The Labute approximate surface area is 126 Å². The van der Waals surface area contributed by atoms with Crippen molar-refractivity contribution in [2.75, 3.05) is 13.1 Å². The van der Waals surface area contributed by atoms with Gasteiger partial charge in [-0.05, 0) is 56.8 Å². The van der Waals surface area contributed by atoms with E-state index in [1.807, 2.05) is 6.92 Å². The van der Waals surface area contributed by atoms with E-state index in [0.29, 0.717) is 28.6 Å². The van der Waals surface area contributed by atoms with Gasteiger partial charge in [0.25, 0.3) is 0 Å². The number of piperidine rings is 1. The number of nitrogens with zero attached hydrogens (tertiary/aromatic N) is 1. The highest BCUT2D eigenvalue weighted by molar-refractivity contribution is 7.89. The maximum atomic E-state index is 12.9. The SMILES string of the molecule is Cc1c(Cl)cccc1S(=O)(=O)N1CC(CN)CCC1C. The predicted molar refractivity (Wildman–Crippen MR) is 81.3 cm³/mol. The van der Waals surface area contributed by atoms with Crippen molar-refractivity contribution in [3.05, 3.63) is 28.8 Å². The molecule has 0 amide bonds. The van der Waals surface area contributed by atoms with Gasteiger partial charge in [0, 0.05) is 17.6 Å². The molecule has 1 saturated heterocycles. The first-order valence-corrected chi connectivity index (χ1v) is 8.66. The summed E-state index contributed by atoms with van der Waals surface area (Å²) in [5.74, 6) is 0.237. The number of hydrogen-bond acceptors (Lipinski definition) is 3. The van der Waals surface area contributed by atoms with E-state index in [-0.39, 0.29) is 12.0 Å². The fourth-order valence-corrected chi connectivity index (χ4v) is 4.88. The van der Waals surface area contributed by atoms with Crippen LogP contribution in [0.25, 0.3) is 0 Å². The van der Waals surface area contributed by atoms with Gasteiger partial charge >= 0.3 is 0 Å². The zero-order chi connectivity index (χ0) is 14.9. The second-order valence-electron chi connectivity index (χ2n) is 5.47. The minimum absolute atomic E-state index is 0.00109. The van der Waals surface area contributed by atoms with Gasteiger partial charge in [0.1, 0.15) is 0 Å². The summed E-state index contributed by atoms with van der Waals surface area (Å²) < 4.78 is 27.3. The number of nitrogens with two attached hydrogens (primary N) is 1. The molecular formula is C14H21ClN2O2S. The van der Waals surface area contributed by atoms with Crippen LogP contribution in [0.3, 0.4) is 0 Å². The minimum Gasteiger partial charge on any atom is -0.330 e. The van der Waals surface area contributed by atoms with Gasteiger partial charge in [-0.15, -0.1) is 0 Å². The Kier molecular flexibility index (Phi) is 4.74. The molecule has 112 valence electrons. The molecule has 0 spiro atoms. The van der Waals surface area contributed by atoms with E-state index in [9.17, 15) is 8.42 Å². The second-order valence-corrected chi connectivity index (χ2v) is 7.73. The smallest absolute Gasteiger partial charge is 0.243 e. The third-order valence-corrected chi connectivity index (χ3v) is 6.59. The Bertz CT molecular complexity index is 589. The van der Waals surface area contributed by atoms with Gasteiger partial charge in [0.2, 0.25) is 10.0 Å². The van der Waals surface area contributed by atoms with Gasteiger partial charge in [-0.25, -0.2) is 8.42 Å². The molecule has 1 heterocycles. The van der Waals surface area contributed by atoms with Gasteiger partial charge in [-0.3, -0.25) is 0 Å². The summed E-state index contributed by atoms with van der Waals surface area (Å²) in [5.41, 5.74) is 6.31. The molecule has 0 bridgehead atoms. The largest absolute Gasteiger partial charge is 0.330 e. The highest BCUT2D eigenvalue weighted by atomic mass is 35.5. The molecule has 6 heteroatoms. The topological polar surface area (TPSA) is 63.4 Å². The molecule has 0 aromatic heterocycles. The molecule has 4 nitrogen and oxygen atoms in total. The number of halogens is 1. The normalized spacial score (nSPS) is 24.8. The fraction of sp³-hybridized carbons (Fsp3) is 0.571. The highest BCUT2D eigenvalue weighted by Gasteiger charge is 2.35. The number of rotatable bonds is 3. The standard InChI is InChI=1S/C14H21ClN2O2S/c1-10-6-7-12(8-16)9-17(10)20(18,19)14-5-3-4-13(15)11(14)2/h3-5,10,12H,6-9,16H2,1-2H3. The van der Waals surface area contributed by atoms with Crippen LogP contribution in [0.15, 0.2) is 23.1 Å². The van der Waals surface area contributed by atoms with E-state index in [1.54, 1.807) is 29.4 Å². The third-order valence-electron chi connectivity index (χ3n) is 4.06. The zero-order valence-corrected chi connectivity index (χ0v) is 13.4. The molecule has 20 heavy (non-hydrogen) atoms. The third kappa shape index (κ3) is 2.86. The van der Waals surface area contributed by atoms with Crippen molar-refractivity contribution in [1.29, 1.82) is 0 Å². The molecule has 1 fully saturated rings. The van der Waals surface area contributed by atoms with Gasteiger partial charge < -0.3 is 5.73 Å². The Morgan fingerprint density at radius 1 is 1.40 bits per heavy atom. The van der Waals surface area contributed by atoms with Crippen LogP contribution in [0.2, 0.25) is 5.02 Å². The lowest BCUT2D eigenvalue weighted by Gasteiger charge is -2.36. The lowest BCUT2D eigenvalue weighted by atomic mass is 9.96. The Morgan fingerprint density at radius 3 is 2.75 bits per heavy atom. The summed E-state index contributed by atoms with van der Waals surface area (Å²) in [7, 11) is -3.51.